The fourth-order valence-electron chi connectivity index (χ4n) is 2.10. The van der Waals surface area contributed by atoms with Gasteiger partial charge in [-0.2, -0.15) is 0 Å². The molecule has 0 aliphatic heterocycles. The molecule has 22 heavy (non-hydrogen) atoms. The highest BCUT2D eigenvalue weighted by atomic mass is 16.5. The number of carbonyl (C=O) groups excluding carboxylic acids is 1. The van der Waals surface area contributed by atoms with E-state index in [9.17, 15) is 4.79 Å². The van der Waals surface area contributed by atoms with Crippen molar-refractivity contribution in [1.82, 2.24) is 5.32 Å². The Morgan fingerprint density at radius 3 is 2.68 bits per heavy atom. The Morgan fingerprint density at radius 1 is 1.09 bits per heavy atom. The Kier molecular flexibility index (Phi) is 9.92. The van der Waals surface area contributed by atoms with E-state index in [0.717, 1.165) is 37.4 Å². The number of rotatable bonds is 12. The molecule has 4 nitrogen and oxygen atoms in total. The molecule has 0 aliphatic carbocycles. The monoisotopic (exact) mass is 306 g/mol. The third kappa shape index (κ3) is 8.55. The van der Waals surface area contributed by atoms with Crippen LogP contribution in [0.5, 0.6) is 5.75 Å². The predicted octanol–water partition coefficient (Wildman–Crippen LogP) is 3.97. The van der Waals surface area contributed by atoms with Crippen molar-refractivity contribution in [3.63, 3.8) is 0 Å². The Hall–Kier alpha value is -1.71. The second-order valence-electron chi connectivity index (χ2n) is 5.49. The lowest BCUT2D eigenvalue weighted by Crippen LogP contribution is -2.30. The van der Waals surface area contributed by atoms with Gasteiger partial charge in [0.1, 0.15) is 5.75 Å². The zero-order chi connectivity index (χ0) is 16.0. The van der Waals surface area contributed by atoms with Crippen LogP contribution in [0.2, 0.25) is 0 Å². The highest BCUT2D eigenvalue weighted by molar-refractivity contribution is 5.80. The zero-order valence-corrected chi connectivity index (χ0v) is 14.0. The summed E-state index contributed by atoms with van der Waals surface area (Å²) in [5, 5.41) is 5.96. The normalized spacial score (nSPS) is 10.3. The van der Waals surface area contributed by atoms with Crippen molar-refractivity contribution in [3.05, 3.63) is 24.3 Å². The van der Waals surface area contributed by atoms with Gasteiger partial charge in [0.25, 0.3) is 0 Å². The Labute approximate surface area is 134 Å². The average Bonchev–Trinajstić information content (AvgIpc) is 2.54. The lowest BCUT2D eigenvalue weighted by atomic mass is 10.2. The van der Waals surface area contributed by atoms with Gasteiger partial charge in [0.05, 0.1) is 13.2 Å². The quantitative estimate of drug-likeness (QED) is 0.574. The van der Waals surface area contributed by atoms with Crippen molar-refractivity contribution in [2.75, 3.05) is 25.0 Å². The highest BCUT2D eigenvalue weighted by Crippen LogP contribution is 2.17. The van der Waals surface area contributed by atoms with Crippen LogP contribution in [0.4, 0.5) is 5.69 Å². The number of ether oxygens (including phenoxy) is 1. The molecule has 0 radical (unpaired) electrons. The van der Waals surface area contributed by atoms with E-state index in [1.54, 1.807) is 0 Å². The maximum Gasteiger partial charge on any atom is 0.239 e. The molecule has 0 atom stereocenters. The summed E-state index contributed by atoms with van der Waals surface area (Å²) in [5.41, 5.74) is 0.912. The number of hydrogen-bond donors (Lipinski definition) is 2. The van der Waals surface area contributed by atoms with Crippen molar-refractivity contribution >= 4 is 11.6 Å². The molecule has 1 amide bonds. The van der Waals surface area contributed by atoms with E-state index in [0.29, 0.717) is 6.54 Å². The van der Waals surface area contributed by atoms with Crippen LogP contribution in [0.3, 0.4) is 0 Å². The molecule has 4 heteroatoms. The van der Waals surface area contributed by atoms with E-state index in [2.05, 4.69) is 17.6 Å². The molecule has 2 N–H and O–H groups in total. The topological polar surface area (TPSA) is 50.4 Å². The fraction of sp³-hybridized carbons (Fsp3) is 0.611. The third-order valence-electron chi connectivity index (χ3n) is 3.38. The number of hydrogen-bond acceptors (Lipinski definition) is 3. The molecule has 1 aromatic carbocycles. The minimum Gasteiger partial charge on any atom is -0.494 e. The first kappa shape index (κ1) is 18.3. The van der Waals surface area contributed by atoms with Crippen molar-refractivity contribution in [1.29, 1.82) is 0 Å². The SMILES string of the molecule is CCCCCCCOc1cccc(NCC(=O)NCCC)c1. The average molecular weight is 306 g/mol. The van der Waals surface area contributed by atoms with E-state index in [1.807, 2.05) is 31.2 Å². The molecule has 124 valence electrons. The van der Waals surface area contributed by atoms with Crippen LogP contribution in [0.25, 0.3) is 0 Å². The van der Waals surface area contributed by atoms with E-state index in [4.69, 9.17) is 4.74 Å². The summed E-state index contributed by atoms with van der Waals surface area (Å²) in [6.07, 6.45) is 7.13. The van der Waals surface area contributed by atoms with Crippen LogP contribution < -0.4 is 15.4 Å². The van der Waals surface area contributed by atoms with Gasteiger partial charge >= 0.3 is 0 Å². The summed E-state index contributed by atoms with van der Waals surface area (Å²) in [5.74, 6) is 0.874. The Bertz CT molecular complexity index is 421. The summed E-state index contributed by atoms with van der Waals surface area (Å²) in [6, 6.07) is 7.79. The van der Waals surface area contributed by atoms with Gasteiger partial charge in [-0.05, 0) is 25.0 Å². The minimum atomic E-state index is 0.0177. The lowest BCUT2D eigenvalue weighted by molar-refractivity contribution is -0.119. The number of unbranched alkanes of at least 4 members (excludes halogenated alkanes) is 4. The summed E-state index contributed by atoms with van der Waals surface area (Å²) in [4.78, 5) is 11.6. The van der Waals surface area contributed by atoms with Crippen LogP contribution in [0, 0.1) is 0 Å². The molecule has 0 saturated heterocycles. The van der Waals surface area contributed by atoms with Crippen molar-refractivity contribution in [3.8, 4) is 5.75 Å². The number of carbonyl (C=O) groups is 1. The maximum atomic E-state index is 11.6. The minimum absolute atomic E-state index is 0.0177. The molecule has 1 rings (SSSR count). The highest BCUT2D eigenvalue weighted by Gasteiger charge is 2.01. The van der Waals surface area contributed by atoms with Crippen LogP contribution >= 0.6 is 0 Å². The van der Waals surface area contributed by atoms with Crippen LogP contribution in [0.15, 0.2) is 24.3 Å². The van der Waals surface area contributed by atoms with Gasteiger partial charge in [-0.15, -0.1) is 0 Å². The third-order valence-corrected chi connectivity index (χ3v) is 3.38. The van der Waals surface area contributed by atoms with Gasteiger partial charge in [0, 0.05) is 18.3 Å². The van der Waals surface area contributed by atoms with E-state index >= 15 is 0 Å². The molecule has 1 aromatic rings. The van der Waals surface area contributed by atoms with Gasteiger partial charge in [0.15, 0.2) is 0 Å². The lowest BCUT2D eigenvalue weighted by Gasteiger charge is -2.10. The molecule has 0 aliphatic rings. The summed E-state index contributed by atoms with van der Waals surface area (Å²) in [7, 11) is 0. The first-order valence-electron chi connectivity index (χ1n) is 8.49. The number of nitrogens with one attached hydrogen (secondary N) is 2. The van der Waals surface area contributed by atoms with Crippen molar-refractivity contribution in [2.24, 2.45) is 0 Å². The van der Waals surface area contributed by atoms with Crippen LogP contribution in [0.1, 0.15) is 52.4 Å². The van der Waals surface area contributed by atoms with Gasteiger partial charge < -0.3 is 15.4 Å². The van der Waals surface area contributed by atoms with Crippen molar-refractivity contribution in [2.45, 2.75) is 52.4 Å². The first-order valence-corrected chi connectivity index (χ1v) is 8.49. The van der Waals surface area contributed by atoms with Crippen LogP contribution in [-0.2, 0) is 4.79 Å². The Balaban J connectivity index is 2.25. The van der Waals surface area contributed by atoms with Gasteiger partial charge in [-0.3, -0.25) is 4.79 Å². The van der Waals surface area contributed by atoms with E-state index in [1.165, 1.54) is 25.7 Å². The first-order chi connectivity index (χ1) is 10.8. The summed E-state index contributed by atoms with van der Waals surface area (Å²) in [6.45, 7) is 6.03. The van der Waals surface area contributed by atoms with Gasteiger partial charge in [-0.25, -0.2) is 0 Å². The number of amides is 1. The molecular formula is C18H30N2O2. The standard InChI is InChI=1S/C18H30N2O2/c1-3-5-6-7-8-13-22-17-11-9-10-16(14-17)20-15-18(21)19-12-4-2/h9-11,14,20H,3-8,12-13,15H2,1-2H3,(H,19,21). The molecule has 0 unspecified atom stereocenters. The maximum absolute atomic E-state index is 11.6. The molecule has 0 aromatic heterocycles. The number of anilines is 1. The molecular weight excluding hydrogens is 276 g/mol. The molecule has 0 heterocycles. The second kappa shape index (κ2) is 11.9. The van der Waals surface area contributed by atoms with E-state index < -0.39 is 0 Å². The zero-order valence-electron chi connectivity index (χ0n) is 14.0. The van der Waals surface area contributed by atoms with Gasteiger partial charge in [0.2, 0.25) is 5.91 Å². The Morgan fingerprint density at radius 2 is 1.91 bits per heavy atom. The fourth-order valence-corrected chi connectivity index (χ4v) is 2.10. The summed E-state index contributed by atoms with van der Waals surface area (Å²) < 4.78 is 5.76. The summed E-state index contributed by atoms with van der Waals surface area (Å²) >= 11 is 0. The largest absolute Gasteiger partial charge is 0.494 e. The molecule has 0 saturated carbocycles. The van der Waals surface area contributed by atoms with E-state index in [-0.39, 0.29) is 5.91 Å². The smallest absolute Gasteiger partial charge is 0.239 e. The predicted molar refractivity (Wildman–Crippen MR) is 92.5 cm³/mol. The van der Waals surface area contributed by atoms with Crippen molar-refractivity contribution < 1.29 is 9.53 Å². The second-order valence-corrected chi connectivity index (χ2v) is 5.49. The van der Waals surface area contributed by atoms with Gasteiger partial charge in [-0.1, -0.05) is 45.6 Å². The molecule has 0 fully saturated rings. The molecule has 0 bridgehead atoms. The molecule has 0 spiro atoms. The number of benzene rings is 1. The van der Waals surface area contributed by atoms with Crippen LogP contribution in [-0.4, -0.2) is 25.6 Å².